The molecule has 19 heavy (non-hydrogen) atoms. The van der Waals surface area contributed by atoms with Crippen LogP contribution in [0.25, 0.3) is 0 Å². The van der Waals surface area contributed by atoms with Crippen LogP contribution in [0.1, 0.15) is 0 Å². The first kappa shape index (κ1) is 13.4. The SMILES string of the molecule is C=N/N=N\N(C)c1ccc(Oc2nsnc2Cl)cc1. The summed E-state index contributed by atoms with van der Waals surface area (Å²) in [5.41, 5.74) is 0.822. The zero-order valence-corrected chi connectivity index (χ0v) is 11.5. The Morgan fingerprint density at radius 1 is 1.32 bits per heavy atom. The Kier molecular flexibility index (Phi) is 4.37. The Bertz CT molecular complexity index is 584. The van der Waals surface area contributed by atoms with Gasteiger partial charge in [-0.3, -0.25) is 0 Å². The fourth-order valence-corrected chi connectivity index (χ4v) is 1.82. The van der Waals surface area contributed by atoms with Gasteiger partial charge in [0.25, 0.3) is 5.88 Å². The van der Waals surface area contributed by atoms with Crippen LogP contribution in [0.4, 0.5) is 5.69 Å². The van der Waals surface area contributed by atoms with E-state index in [-0.39, 0.29) is 5.15 Å². The second kappa shape index (κ2) is 6.21. The summed E-state index contributed by atoms with van der Waals surface area (Å²) in [5, 5.41) is 12.3. The van der Waals surface area contributed by atoms with E-state index >= 15 is 0 Å². The molecule has 0 spiro atoms. The summed E-state index contributed by atoms with van der Waals surface area (Å²) in [6.07, 6.45) is 0. The van der Waals surface area contributed by atoms with Gasteiger partial charge in [0, 0.05) is 13.8 Å². The third-order valence-corrected chi connectivity index (χ3v) is 2.94. The van der Waals surface area contributed by atoms with Crippen LogP contribution < -0.4 is 9.75 Å². The molecule has 0 amide bonds. The molecule has 0 fully saturated rings. The van der Waals surface area contributed by atoms with Gasteiger partial charge in [0.15, 0.2) is 0 Å². The van der Waals surface area contributed by atoms with Crippen molar-refractivity contribution in [2.75, 3.05) is 12.1 Å². The maximum atomic E-state index is 5.79. The molecule has 0 unspecified atom stereocenters. The highest BCUT2D eigenvalue weighted by Gasteiger charge is 2.08. The van der Waals surface area contributed by atoms with E-state index in [1.165, 1.54) is 0 Å². The first-order valence-electron chi connectivity index (χ1n) is 5.07. The number of nitrogens with zero attached hydrogens (tertiary/aromatic N) is 6. The third kappa shape index (κ3) is 3.46. The topological polar surface area (TPSA) is 75.3 Å². The second-order valence-corrected chi connectivity index (χ2v) is 4.19. The first-order valence-corrected chi connectivity index (χ1v) is 6.18. The summed E-state index contributed by atoms with van der Waals surface area (Å²) in [6, 6.07) is 7.15. The lowest BCUT2D eigenvalue weighted by Crippen LogP contribution is -2.06. The summed E-state index contributed by atoms with van der Waals surface area (Å²) in [4.78, 5) is 0. The van der Waals surface area contributed by atoms with Crippen LogP contribution in [-0.4, -0.2) is 22.5 Å². The van der Waals surface area contributed by atoms with Crippen molar-refractivity contribution in [3.05, 3.63) is 29.4 Å². The van der Waals surface area contributed by atoms with E-state index < -0.39 is 0 Å². The van der Waals surface area contributed by atoms with Gasteiger partial charge in [-0.25, -0.2) is 5.01 Å². The predicted molar refractivity (Wildman–Crippen MR) is 74.2 cm³/mol. The zero-order chi connectivity index (χ0) is 13.7. The average Bonchev–Trinajstić information content (AvgIpc) is 2.82. The number of hydrogen-bond acceptors (Lipinski definition) is 6. The molecule has 1 heterocycles. The fraction of sp³-hybridized carbons (Fsp3) is 0.100. The van der Waals surface area contributed by atoms with Crippen molar-refractivity contribution in [1.82, 2.24) is 8.75 Å². The Balaban J connectivity index is 2.08. The molecule has 0 aliphatic rings. The Labute approximate surface area is 118 Å². The van der Waals surface area contributed by atoms with E-state index in [0.29, 0.717) is 11.6 Å². The molecule has 0 N–H and O–H groups in total. The van der Waals surface area contributed by atoms with Crippen LogP contribution in [0, 0.1) is 0 Å². The minimum Gasteiger partial charge on any atom is -0.436 e. The Hall–Kier alpha value is -2.06. The highest BCUT2D eigenvalue weighted by atomic mass is 35.5. The number of ether oxygens (including phenoxy) is 1. The van der Waals surface area contributed by atoms with E-state index in [1.807, 2.05) is 12.1 Å². The van der Waals surface area contributed by atoms with Crippen LogP contribution in [0.15, 0.2) is 39.8 Å². The lowest BCUT2D eigenvalue weighted by Gasteiger charge is -2.10. The second-order valence-electron chi connectivity index (χ2n) is 3.30. The summed E-state index contributed by atoms with van der Waals surface area (Å²) in [7, 11) is 1.74. The van der Waals surface area contributed by atoms with Gasteiger partial charge in [0.2, 0.25) is 5.15 Å². The highest BCUT2D eigenvalue weighted by molar-refractivity contribution is 6.99. The van der Waals surface area contributed by atoms with Crippen LogP contribution in [0.5, 0.6) is 11.6 Å². The fourth-order valence-electron chi connectivity index (χ4n) is 1.21. The molecule has 9 heteroatoms. The van der Waals surface area contributed by atoms with E-state index in [2.05, 4.69) is 31.0 Å². The van der Waals surface area contributed by atoms with Crippen molar-refractivity contribution >= 4 is 35.7 Å². The van der Waals surface area contributed by atoms with Crippen LogP contribution in [0.3, 0.4) is 0 Å². The molecule has 0 bridgehead atoms. The van der Waals surface area contributed by atoms with Gasteiger partial charge in [-0.05, 0) is 34.7 Å². The number of rotatable bonds is 5. The summed E-state index contributed by atoms with van der Waals surface area (Å²) in [6.45, 7) is 3.21. The normalized spacial score (nSPS) is 10.6. The largest absolute Gasteiger partial charge is 0.436 e. The molecule has 1 aromatic carbocycles. The van der Waals surface area contributed by atoms with Gasteiger partial charge >= 0.3 is 0 Å². The summed E-state index contributed by atoms with van der Waals surface area (Å²) >= 11 is 6.78. The van der Waals surface area contributed by atoms with Crippen molar-refractivity contribution in [3.8, 4) is 11.6 Å². The van der Waals surface area contributed by atoms with Crippen molar-refractivity contribution in [3.63, 3.8) is 0 Å². The van der Waals surface area contributed by atoms with Crippen molar-refractivity contribution in [2.24, 2.45) is 15.5 Å². The molecule has 0 aliphatic carbocycles. The van der Waals surface area contributed by atoms with E-state index in [0.717, 1.165) is 17.4 Å². The van der Waals surface area contributed by atoms with Gasteiger partial charge < -0.3 is 4.74 Å². The van der Waals surface area contributed by atoms with Crippen LogP contribution in [-0.2, 0) is 0 Å². The zero-order valence-electron chi connectivity index (χ0n) is 9.89. The molecule has 0 saturated heterocycles. The molecule has 98 valence electrons. The minimum atomic E-state index is 0.247. The van der Waals surface area contributed by atoms with Crippen molar-refractivity contribution in [2.45, 2.75) is 0 Å². The molecule has 0 atom stereocenters. The number of halogens is 1. The average molecular weight is 297 g/mol. The summed E-state index contributed by atoms with van der Waals surface area (Å²) < 4.78 is 13.2. The quantitative estimate of drug-likeness (QED) is 0.481. The maximum absolute atomic E-state index is 5.79. The lowest BCUT2D eigenvalue weighted by atomic mass is 10.3. The van der Waals surface area contributed by atoms with Gasteiger partial charge in [-0.2, -0.15) is 4.37 Å². The van der Waals surface area contributed by atoms with Crippen LogP contribution in [0.2, 0.25) is 5.15 Å². The monoisotopic (exact) mass is 296 g/mol. The van der Waals surface area contributed by atoms with Crippen molar-refractivity contribution in [1.29, 1.82) is 0 Å². The number of anilines is 1. The molecule has 0 radical (unpaired) electrons. The minimum absolute atomic E-state index is 0.247. The van der Waals surface area contributed by atoms with Gasteiger partial charge in [0.05, 0.1) is 17.4 Å². The standard InChI is InChI=1S/C10H9ClN6OS/c1-12-15-16-17(2)7-3-5-8(6-4-7)18-10-9(11)13-19-14-10/h3-6H,1H2,2H3/b16-15-. The highest BCUT2D eigenvalue weighted by Crippen LogP contribution is 2.28. The summed E-state index contributed by atoms with van der Waals surface area (Å²) in [5.74, 6) is 0.897. The number of hydrogen-bond donors (Lipinski definition) is 0. The predicted octanol–water partition coefficient (Wildman–Crippen LogP) is 3.40. The van der Waals surface area contributed by atoms with Gasteiger partial charge in [-0.1, -0.05) is 11.6 Å². The van der Waals surface area contributed by atoms with E-state index in [9.17, 15) is 0 Å². The Morgan fingerprint density at radius 3 is 2.63 bits per heavy atom. The lowest BCUT2D eigenvalue weighted by molar-refractivity contribution is 0.468. The number of benzene rings is 1. The first-order chi connectivity index (χ1) is 9.20. The van der Waals surface area contributed by atoms with E-state index in [1.54, 1.807) is 24.2 Å². The number of aromatic nitrogens is 2. The smallest absolute Gasteiger partial charge is 0.270 e. The van der Waals surface area contributed by atoms with Crippen molar-refractivity contribution < 1.29 is 4.74 Å². The van der Waals surface area contributed by atoms with Gasteiger partial charge in [0.1, 0.15) is 5.75 Å². The molecular weight excluding hydrogens is 288 g/mol. The van der Waals surface area contributed by atoms with Crippen LogP contribution >= 0.6 is 23.3 Å². The van der Waals surface area contributed by atoms with Gasteiger partial charge in [-0.15, -0.1) is 9.47 Å². The molecule has 0 aliphatic heterocycles. The Morgan fingerprint density at radius 2 is 2.05 bits per heavy atom. The maximum Gasteiger partial charge on any atom is 0.270 e. The molecule has 2 rings (SSSR count). The molecule has 2 aromatic rings. The van der Waals surface area contributed by atoms with E-state index in [4.69, 9.17) is 16.3 Å². The molecule has 1 aromatic heterocycles. The molecular formula is C10H9ClN6OS. The molecule has 0 saturated carbocycles. The third-order valence-electron chi connectivity index (χ3n) is 2.08. The molecule has 7 nitrogen and oxygen atoms in total.